The van der Waals surface area contributed by atoms with E-state index in [0.29, 0.717) is 18.7 Å². The van der Waals surface area contributed by atoms with E-state index < -0.39 is 0 Å². The van der Waals surface area contributed by atoms with Crippen LogP contribution in [0, 0.1) is 0 Å². The average molecular weight is 288 g/mol. The van der Waals surface area contributed by atoms with Gasteiger partial charge >= 0.3 is 5.97 Å². The fourth-order valence-electron chi connectivity index (χ4n) is 2.51. The molecule has 0 spiro atoms. The molecule has 4 heteroatoms. The van der Waals surface area contributed by atoms with Crippen LogP contribution in [0.4, 0.5) is 0 Å². The van der Waals surface area contributed by atoms with E-state index in [1.54, 1.807) is 6.07 Å². The van der Waals surface area contributed by atoms with Crippen molar-refractivity contribution in [1.29, 1.82) is 0 Å². The molecule has 4 nitrogen and oxygen atoms in total. The van der Waals surface area contributed by atoms with Crippen LogP contribution in [0.5, 0.6) is 0 Å². The van der Waals surface area contributed by atoms with Gasteiger partial charge in [0.25, 0.3) is 0 Å². The molecule has 1 aliphatic heterocycles. The van der Waals surface area contributed by atoms with Crippen LogP contribution in [0.2, 0.25) is 0 Å². The second-order valence-electron chi connectivity index (χ2n) is 5.33. The molecule has 114 valence electrons. The summed E-state index contributed by atoms with van der Waals surface area (Å²) in [5.74, 6) is -0.243. The Hall–Kier alpha value is -1.65. The smallest absolute Gasteiger partial charge is 0.338 e. The summed E-state index contributed by atoms with van der Waals surface area (Å²) in [6, 6.07) is 7.97. The van der Waals surface area contributed by atoms with Crippen LogP contribution in [0.15, 0.2) is 36.4 Å². The summed E-state index contributed by atoms with van der Waals surface area (Å²) in [5.41, 5.74) is 7.56. The van der Waals surface area contributed by atoms with E-state index >= 15 is 0 Å². The molecular weight excluding hydrogens is 264 g/mol. The summed E-state index contributed by atoms with van der Waals surface area (Å²) in [6.07, 6.45) is 6.24. The van der Waals surface area contributed by atoms with Crippen molar-refractivity contribution in [1.82, 2.24) is 4.90 Å². The zero-order valence-electron chi connectivity index (χ0n) is 12.6. The average Bonchev–Trinajstić information content (AvgIpc) is 2.53. The van der Waals surface area contributed by atoms with Crippen molar-refractivity contribution < 1.29 is 9.53 Å². The highest BCUT2D eigenvalue weighted by Gasteiger charge is 2.17. The Labute approximate surface area is 126 Å². The minimum Gasteiger partial charge on any atom is -0.462 e. The monoisotopic (exact) mass is 288 g/mol. The van der Waals surface area contributed by atoms with Gasteiger partial charge in [-0.05, 0) is 30.5 Å². The van der Waals surface area contributed by atoms with Gasteiger partial charge in [0.05, 0.1) is 12.2 Å². The van der Waals surface area contributed by atoms with Gasteiger partial charge < -0.3 is 10.5 Å². The molecule has 0 aromatic heterocycles. The molecule has 0 aliphatic carbocycles. The Morgan fingerprint density at radius 1 is 1.48 bits per heavy atom. The molecule has 21 heavy (non-hydrogen) atoms. The molecule has 1 unspecified atom stereocenters. The van der Waals surface area contributed by atoms with Crippen molar-refractivity contribution in [3.05, 3.63) is 47.5 Å². The molecule has 1 heterocycles. The maximum absolute atomic E-state index is 11.9. The van der Waals surface area contributed by atoms with Gasteiger partial charge in [-0.2, -0.15) is 0 Å². The van der Waals surface area contributed by atoms with Crippen LogP contribution < -0.4 is 5.73 Å². The zero-order chi connectivity index (χ0) is 15.1. The van der Waals surface area contributed by atoms with E-state index in [0.717, 1.165) is 31.5 Å². The predicted octanol–water partition coefficient (Wildman–Crippen LogP) is 2.34. The van der Waals surface area contributed by atoms with E-state index in [1.807, 2.05) is 25.1 Å². The number of nitrogens with two attached hydrogens (primary N) is 1. The molecule has 2 N–H and O–H groups in total. The second kappa shape index (κ2) is 7.96. The summed E-state index contributed by atoms with van der Waals surface area (Å²) in [6.45, 7) is 4.88. The van der Waals surface area contributed by atoms with E-state index in [1.165, 1.54) is 0 Å². The lowest BCUT2D eigenvalue weighted by atomic mass is 10.1. The van der Waals surface area contributed by atoms with Gasteiger partial charge in [-0.1, -0.05) is 31.2 Å². The number of hydrogen-bond donors (Lipinski definition) is 1. The Bertz CT molecular complexity index is 499. The molecule has 1 atom stereocenters. The number of ether oxygens (including phenoxy) is 1. The van der Waals surface area contributed by atoms with E-state index in [-0.39, 0.29) is 12.0 Å². The van der Waals surface area contributed by atoms with Gasteiger partial charge in [0.2, 0.25) is 0 Å². The van der Waals surface area contributed by atoms with Crippen LogP contribution in [0.1, 0.15) is 35.7 Å². The molecule has 0 radical (unpaired) electrons. The first-order chi connectivity index (χ1) is 10.2. The second-order valence-corrected chi connectivity index (χ2v) is 5.33. The number of nitrogens with zero attached hydrogens (tertiary/aromatic N) is 1. The summed E-state index contributed by atoms with van der Waals surface area (Å²) in [4.78, 5) is 14.2. The molecule has 0 saturated heterocycles. The fraction of sp³-hybridized carbons (Fsp3) is 0.471. The predicted molar refractivity (Wildman–Crippen MR) is 84.0 cm³/mol. The van der Waals surface area contributed by atoms with Crippen molar-refractivity contribution in [3.8, 4) is 0 Å². The van der Waals surface area contributed by atoms with E-state index in [4.69, 9.17) is 10.5 Å². The Morgan fingerprint density at radius 3 is 3.10 bits per heavy atom. The van der Waals surface area contributed by atoms with Crippen molar-refractivity contribution in [3.63, 3.8) is 0 Å². The lowest BCUT2D eigenvalue weighted by Crippen LogP contribution is -2.41. The molecule has 1 aromatic carbocycles. The molecule has 0 amide bonds. The normalized spacial score (nSPS) is 18.7. The third-order valence-corrected chi connectivity index (χ3v) is 3.64. The summed E-state index contributed by atoms with van der Waals surface area (Å²) >= 11 is 0. The van der Waals surface area contributed by atoms with Gasteiger partial charge in [-0.15, -0.1) is 0 Å². The topological polar surface area (TPSA) is 55.6 Å². The molecule has 1 aromatic rings. The lowest BCUT2D eigenvalue weighted by molar-refractivity contribution is 0.0505. The van der Waals surface area contributed by atoms with Gasteiger partial charge in [-0.3, -0.25) is 4.90 Å². The maximum atomic E-state index is 11.9. The number of carbonyl (C=O) groups excluding carboxylic acids is 1. The van der Waals surface area contributed by atoms with E-state index in [2.05, 4.69) is 17.1 Å². The van der Waals surface area contributed by atoms with Crippen molar-refractivity contribution in [2.45, 2.75) is 32.4 Å². The molecule has 0 saturated carbocycles. The van der Waals surface area contributed by atoms with Gasteiger partial charge in [0.1, 0.15) is 0 Å². The van der Waals surface area contributed by atoms with Crippen LogP contribution in [-0.2, 0) is 11.3 Å². The van der Waals surface area contributed by atoms with Gasteiger partial charge in [0, 0.05) is 25.7 Å². The van der Waals surface area contributed by atoms with Crippen molar-refractivity contribution >= 4 is 5.97 Å². The van der Waals surface area contributed by atoms with Crippen LogP contribution >= 0.6 is 0 Å². The summed E-state index contributed by atoms with van der Waals surface area (Å²) < 4.78 is 5.18. The molecule has 1 aliphatic rings. The quantitative estimate of drug-likeness (QED) is 0.645. The highest BCUT2D eigenvalue weighted by atomic mass is 16.5. The SMILES string of the molecule is CCCOC(=O)c1cccc(CN2CCC=CC2CN)c1. The highest BCUT2D eigenvalue weighted by molar-refractivity contribution is 5.89. The first kappa shape index (κ1) is 15.7. The third kappa shape index (κ3) is 4.41. The largest absolute Gasteiger partial charge is 0.462 e. The first-order valence-electron chi connectivity index (χ1n) is 7.61. The first-order valence-corrected chi connectivity index (χ1v) is 7.61. The fourth-order valence-corrected chi connectivity index (χ4v) is 2.51. The van der Waals surface area contributed by atoms with Crippen LogP contribution in [0.25, 0.3) is 0 Å². The number of carbonyl (C=O) groups is 1. The van der Waals surface area contributed by atoms with Gasteiger partial charge in [0.15, 0.2) is 0 Å². The number of esters is 1. The standard InChI is InChI=1S/C17H24N2O2/c1-2-10-21-17(20)15-7-5-6-14(11-15)13-19-9-4-3-8-16(19)12-18/h3,5-8,11,16H,2,4,9-10,12-13,18H2,1H3. The highest BCUT2D eigenvalue weighted by Crippen LogP contribution is 2.15. The molecule has 0 bridgehead atoms. The third-order valence-electron chi connectivity index (χ3n) is 3.64. The van der Waals surface area contributed by atoms with E-state index in [9.17, 15) is 4.79 Å². The van der Waals surface area contributed by atoms with Crippen LogP contribution in [0.3, 0.4) is 0 Å². The lowest BCUT2D eigenvalue weighted by Gasteiger charge is -2.31. The molecule has 2 rings (SSSR count). The zero-order valence-corrected chi connectivity index (χ0v) is 12.6. The van der Waals surface area contributed by atoms with Gasteiger partial charge in [-0.25, -0.2) is 4.79 Å². The number of hydrogen-bond acceptors (Lipinski definition) is 4. The summed E-state index contributed by atoms with van der Waals surface area (Å²) in [7, 11) is 0. The Balaban J connectivity index is 2.03. The minimum absolute atomic E-state index is 0.243. The Morgan fingerprint density at radius 2 is 2.33 bits per heavy atom. The maximum Gasteiger partial charge on any atom is 0.338 e. The molecule has 0 fully saturated rings. The molecular formula is C17H24N2O2. The van der Waals surface area contributed by atoms with Crippen molar-refractivity contribution in [2.24, 2.45) is 5.73 Å². The van der Waals surface area contributed by atoms with Crippen molar-refractivity contribution in [2.75, 3.05) is 19.7 Å². The minimum atomic E-state index is -0.243. The summed E-state index contributed by atoms with van der Waals surface area (Å²) in [5, 5.41) is 0. The Kier molecular flexibility index (Phi) is 5.96. The number of benzene rings is 1. The van der Waals surface area contributed by atoms with Crippen LogP contribution in [-0.4, -0.2) is 36.6 Å². The number of rotatable bonds is 6.